The Morgan fingerprint density at radius 2 is 1.89 bits per heavy atom. The normalized spacial score (nSPS) is 10.8. The number of aromatic nitrogens is 2. The quantitative estimate of drug-likeness (QED) is 0.802. The minimum atomic E-state index is -0.701. The predicted octanol–water partition coefficient (Wildman–Crippen LogP) is 3.48. The number of rotatable bonds is 4. The SMILES string of the molecule is Cc1cc(COc2c(F)cc(CBr)cc2F)n(C)n1. The van der Waals surface area contributed by atoms with Crippen molar-refractivity contribution in [2.45, 2.75) is 18.9 Å². The van der Waals surface area contributed by atoms with Gasteiger partial charge in [-0.05, 0) is 30.7 Å². The summed E-state index contributed by atoms with van der Waals surface area (Å²) < 4.78 is 34.2. The van der Waals surface area contributed by atoms with Crippen molar-refractivity contribution in [1.29, 1.82) is 0 Å². The van der Waals surface area contributed by atoms with Crippen molar-refractivity contribution in [2.24, 2.45) is 7.05 Å². The Balaban J connectivity index is 2.18. The lowest BCUT2D eigenvalue weighted by atomic mass is 10.2. The maximum Gasteiger partial charge on any atom is 0.191 e. The number of benzene rings is 1. The number of alkyl halides is 1. The number of hydrogen-bond acceptors (Lipinski definition) is 2. The summed E-state index contributed by atoms with van der Waals surface area (Å²) >= 11 is 3.15. The minimum absolute atomic E-state index is 0.0683. The zero-order valence-electron chi connectivity index (χ0n) is 10.6. The molecule has 0 bridgehead atoms. The van der Waals surface area contributed by atoms with Gasteiger partial charge in [-0.25, -0.2) is 8.78 Å². The van der Waals surface area contributed by atoms with Crippen LogP contribution in [-0.4, -0.2) is 9.78 Å². The van der Waals surface area contributed by atoms with Crippen molar-refractivity contribution >= 4 is 15.9 Å². The third-order valence-electron chi connectivity index (χ3n) is 2.68. The standard InChI is InChI=1S/C13H13BrF2N2O/c1-8-3-10(18(2)17-8)7-19-13-11(15)4-9(6-14)5-12(13)16/h3-5H,6-7H2,1-2H3. The summed E-state index contributed by atoms with van der Waals surface area (Å²) in [6.07, 6.45) is 0. The first kappa shape index (κ1) is 14.0. The molecule has 0 atom stereocenters. The van der Waals surface area contributed by atoms with Gasteiger partial charge in [-0.1, -0.05) is 15.9 Å². The van der Waals surface area contributed by atoms with Crippen molar-refractivity contribution in [1.82, 2.24) is 9.78 Å². The average Bonchev–Trinajstić information content (AvgIpc) is 2.66. The van der Waals surface area contributed by atoms with E-state index in [2.05, 4.69) is 21.0 Å². The van der Waals surface area contributed by atoms with Crippen LogP contribution in [0.25, 0.3) is 0 Å². The first-order chi connectivity index (χ1) is 9.01. The Kier molecular flexibility index (Phi) is 4.19. The van der Waals surface area contributed by atoms with Crippen LogP contribution in [-0.2, 0) is 19.0 Å². The van der Waals surface area contributed by atoms with Crippen LogP contribution in [0.4, 0.5) is 8.78 Å². The van der Waals surface area contributed by atoms with Crippen molar-refractivity contribution < 1.29 is 13.5 Å². The Morgan fingerprint density at radius 1 is 1.26 bits per heavy atom. The molecule has 3 nitrogen and oxygen atoms in total. The molecule has 0 radical (unpaired) electrons. The molecule has 1 aromatic carbocycles. The molecule has 2 aromatic rings. The van der Waals surface area contributed by atoms with Gasteiger partial charge in [0.05, 0.1) is 11.4 Å². The highest BCUT2D eigenvalue weighted by molar-refractivity contribution is 9.08. The summed E-state index contributed by atoms with van der Waals surface area (Å²) in [6, 6.07) is 4.31. The Bertz CT molecular complexity index is 575. The van der Waals surface area contributed by atoms with Crippen LogP contribution in [0, 0.1) is 18.6 Å². The molecular weight excluding hydrogens is 318 g/mol. The van der Waals surface area contributed by atoms with Crippen LogP contribution in [0.1, 0.15) is 17.0 Å². The second-order valence-corrected chi connectivity index (χ2v) is 4.77. The summed E-state index contributed by atoms with van der Waals surface area (Å²) in [5.41, 5.74) is 2.11. The van der Waals surface area contributed by atoms with E-state index < -0.39 is 11.6 Å². The molecule has 0 saturated heterocycles. The number of hydrogen-bond donors (Lipinski definition) is 0. The van der Waals surface area contributed by atoms with Gasteiger partial charge in [0.2, 0.25) is 0 Å². The van der Waals surface area contributed by atoms with Crippen LogP contribution in [0.15, 0.2) is 18.2 Å². The molecule has 0 unspecified atom stereocenters. The van der Waals surface area contributed by atoms with E-state index in [1.54, 1.807) is 11.7 Å². The Labute approximate surface area is 118 Å². The van der Waals surface area contributed by atoms with Gasteiger partial charge in [0.1, 0.15) is 6.61 Å². The summed E-state index contributed by atoms with van der Waals surface area (Å²) in [6.45, 7) is 1.91. The summed E-state index contributed by atoms with van der Waals surface area (Å²) in [4.78, 5) is 0. The van der Waals surface area contributed by atoms with Crippen LogP contribution in [0.2, 0.25) is 0 Å². The second kappa shape index (κ2) is 5.69. The van der Waals surface area contributed by atoms with Gasteiger partial charge < -0.3 is 4.74 Å². The van der Waals surface area contributed by atoms with Crippen molar-refractivity contribution in [2.75, 3.05) is 0 Å². The fraction of sp³-hybridized carbons (Fsp3) is 0.308. The maximum atomic E-state index is 13.7. The maximum absolute atomic E-state index is 13.7. The van der Waals surface area contributed by atoms with Crippen LogP contribution < -0.4 is 4.74 Å². The molecule has 102 valence electrons. The molecule has 1 heterocycles. The third-order valence-corrected chi connectivity index (χ3v) is 3.32. The number of ether oxygens (including phenoxy) is 1. The molecule has 0 aliphatic heterocycles. The first-order valence-corrected chi connectivity index (χ1v) is 6.79. The molecule has 0 saturated carbocycles. The van der Waals surface area contributed by atoms with E-state index in [4.69, 9.17) is 4.74 Å². The summed E-state index contributed by atoms with van der Waals surface area (Å²) in [5.74, 6) is -1.76. The molecular formula is C13H13BrF2N2O. The van der Waals surface area contributed by atoms with Gasteiger partial charge in [-0.2, -0.15) is 5.10 Å². The van der Waals surface area contributed by atoms with Crippen molar-refractivity contribution in [3.8, 4) is 5.75 Å². The van der Waals surface area contributed by atoms with E-state index in [1.165, 1.54) is 12.1 Å². The van der Waals surface area contributed by atoms with Gasteiger partial charge in [0.15, 0.2) is 17.4 Å². The minimum Gasteiger partial charge on any atom is -0.481 e. The van der Waals surface area contributed by atoms with E-state index in [0.717, 1.165) is 11.4 Å². The van der Waals surface area contributed by atoms with E-state index in [9.17, 15) is 8.78 Å². The van der Waals surface area contributed by atoms with Crippen molar-refractivity contribution in [3.63, 3.8) is 0 Å². The fourth-order valence-corrected chi connectivity index (χ4v) is 2.10. The molecule has 0 amide bonds. The van der Waals surface area contributed by atoms with Gasteiger partial charge in [0.25, 0.3) is 0 Å². The largest absolute Gasteiger partial charge is 0.481 e. The number of halogens is 3. The van der Waals surface area contributed by atoms with Gasteiger partial charge in [-0.3, -0.25) is 4.68 Å². The topological polar surface area (TPSA) is 27.1 Å². The molecule has 0 aliphatic carbocycles. The first-order valence-electron chi connectivity index (χ1n) is 5.67. The molecule has 6 heteroatoms. The number of aryl methyl sites for hydroxylation is 2. The highest BCUT2D eigenvalue weighted by Gasteiger charge is 2.13. The van der Waals surface area contributed by atoms with Gasteiger partial charge in [0, 0.05) is 12.4 Å². The molecule has 2 rings (SSSR count). The smallest absolute Gasteiger partial charge is 0.191 e. The molecule has 1 aromatic heterocycles. The lowest BCUT2D eigenvalue weighted by molar-refractivity contribution is 0.265. The molecule has 19 heavy (non-hydrogen) atoms. The Hall–Kier alpha value is -1.43. The second-order valence-electron chi connectivity index (χ2n) is 4.21. The average molecular weight is 331 g/mol. The lowest BCUT2D eigenvalue weighted by Gasteiger charge is -2.09. The van der Waals surface area contributed by atoms with E-state index >= 15 is 0 Å². The highest BCUT2D eigenvalue weighted by atomic mass is 79.9. The van der Waals surface area contributed by atoms with E-state index in [1.807, 2.05) is 13.0 Å². The van der Waals surface area contributed by atoms with E-state index in [0.29, 0.717) is 10.9 Å². The zero-order valence-corrected chi connectivity index (χ0v) is 12.2. The van der Waals surface area contributed by atoms with Gasteiger partial charge >= 0.3 is 0 Å². The summed E-state index contributed by atoms with van der Waals surface area (Å²) in [5, 5.41) is 4.53. The Morgan fingerprint density at radius 3 is 2.37 bits per heavy atom. The molecule has 0 fully saturated rings. The molecule has 0 N–H and O–H groups in total. The molecule has 0 spiro atoms. The predicted molar refractivity (Wildman–Crippen MR) is 71.3 cm³/mol. The van der Waals surface area contributed by atoms with E-state index in [-0.39, 0.29) is 12.4 Å². The van der Waals surface area contributed by atoms with Crippen LogP contribution in [0.5, 0.6) is 5.75 Å². The van der Waals surface area contributed by atoms with Crippen LogP contribution >= 0.6 is 15.9 Å². The number of nitrogens with zero attached hydrogens (tertiary/aromatic N) is 2. The van der Waals surface area contributed by atoms with Gasteiger partial charge in [-0.15, -0.1) is 0 Å². The summed E-state index contributed by atoms with van der Waals surface area (Å²) in [7, 11) is 1.76. The fourth-order valence-electron chi connectivity index (χ4n) is 1.77. The zero-order chi connectivity index (χ0) is 14.0. The highest BCUT2D eigenvalue weighted by Crippen LogP contribution is 2.25. The van der Waals surface area contributed by atoms with Crippen molar-refractivity contribution in [3.05, 3.63) is 46.8 Å². The lowest BCUT2D eigenvalue weighted by Crippen LogP contribution is -2.05. The third kappa shape index (κ3) is 3.12. The molecule has 0 aliphatic rings. The monoisotopic (exact) mass is 330 g/mol. The van der Waals surface area contributed by atoms with Crippen LogP contribution in [0.3, 0.4) is 0 Å².